The molecule has 1 N–H and O–H groups in total. The van der Waals surface area contributed by atoms with Crippen molar-refractivity contribution in [1.82, 2.24) is 10.2 Å². The van der Waals surface area contributed by atoms with Crippen LogP contribution in [0.5, 0.6) is 0 Å². The Morgan fingerprint density at radius 2 is 2.23 bits per heavy atom. The first-order valence-corrected chi connectivity index (χ1v) is 8.16. The highest BCUT2D eigenvalue weighted by Crippen LogP contribution is 2.22. The number of rotatable bonds is 8. The topological polar surface area (TPSA) is 69.3 Å². The largest absolute Gasteiger partial charge is 0.468 e. The maximum Gasteiger partial charge on any atom is 0.234 e. The van der Waals surface area contributed by atoms with Crippen LogP contribution in [0.15, 0.2) is 22.8 Å². The second-order valence-electron chi connectivity index (χ2n) is 6.01. The average molecular weight is 303 g/mol. The van der Waals surface area contributed by atoms with Crippen LogP contribution in [-0.4, -0.2) is 30.4 Å². The number of amides is 1. The highest BCUT2D eigenvalue weighted by molar-refractivity contribution is 5.78. The zero-order valence-corrected chi connectivity index (χ0v) is 13.1. The molecule has 1 saturated carbocycles. The Balaban J connectivity index is 1.75. The lowest BCUT2D eigenvalue weighted by Crippen LogP contribution is -2.39. The number of nitrogens with one attached hydrogen (secondary N) is 1. The lowest BCUT2D eigenvalue weighted by atomic mass is 9.89. The minimum absolute atomic E-state index is 0.0371. The fourth-order valence-electron chi connectivity index (χ4n) is 2.95. The molecule has 0 radical (unpaired) electrons. The summed E-state index contributed by atoms with van der Waals surface area (Å²) in [6.07, 6.45) is 8.39. The number of hydrogen-bond donors (Lipinski definition) is 1. The molecule has 1 amide bonds. The van der Waals surface area contributed by atoms with Gasteiger partial charge in [-0.15, -0.1) is 0 Å². The van der Waals surface area contributed by atoms with E-state index in [0.717, 1.165) is 12.3 Å². The van der Waals surface area contributed by atoms with Crippen LogP contribution in [-0.2, 0) is 11.3 Å². The van der Waals surface area contributed by atoms with Crippen molar-refractivity contribution >= 4 is 5.91 Å². The fourth-order valence-corrected chi connectivity index (χ4v) is 2.95. The van der Waals surface area contributed by atoms with Gasteiger partial charge in [-0.3, -0.25) is 9.69 Å². The summed E-state index contributed by atoms with van der Waals surface area (Å²) in [7, 11) is 0. The number of nitrogens with zero attached hydrogens (tertiary/aromatic N) is 2. The standard InChI is InChI=1S/C17H25N3O2/c18-9-5-10-20(13-16-8-4-11-22-16)14-17(21)19-12-15-6-2-1-3-7-15/h4,8,11,15H,1-3,5-7,10,12-14H2,(H,19,21). The van der Waals surface area contributed by atoms with E-state index < -0.39 is 0 Å². The number of carbonyl (C=O) groups is 1. The maximum absolute atomic E-state index is 12.1. The Kier molecular flexibility index (Phi) is 6.98. The molecule has 1 aromatic heterocycles. The molecule has 22 heavy (non-hydrogen) atoms. The minimum atomic E-state index is 0.0371. The van der Waals surface area contributed by atoms with Gasteiger partial charge in [-0.05, 0) is 30.9 Å². The van der Waals surface area contributed by atoms with Gasteiger partial charge in [-0.1, -0.05) is 19.3 Å². The van der Waals surface area contributed by atoms with E-state index in [9.17, 15) is 4.79 Å². The van der Waals surface area contributed by atoms with Crippen molar-refractivity contribution in [1.29, 1.82) is 5.26 Å². The van der Waals surface area contributed by atoms with E-state index >= 15 is 0 Å². The van der Waals surface area contributed by atoms with Crippen molar-refractivity contribution in [2.24, 2.45) is 5.92 Å². The van der Waals surface area contributed by atoms with E-state index in [1.165, 1.54) is 32.1 Å². The SMILES string of the molecule is N#CCCN(CC(=O)NCC1CCCCC1)Cc1ccco1. The van der Waals surface area contributed by atoms with Gasteiger partial charge in [-0.25, -0.2) is 0 Å². The Bertz CT molecular complexity index is 473. The highest BCUT2D eigenvalue weighted by Gasteiger charge is 2.16. The summed E-state index contributed by atoms with van der Waals surface area (Å²) in [5.41, 5.74) is 0. The van der Waals surface area contributed by atoms with Gasteiger partial charge in [0.2, 0.25) is 5.91 Å². The van der Waals surface area contributed by atoms with Gasteiger partial charge in [0.05, 0.1) is 25.4 Å². The molecular formula is C17H25N3O2. The van der Waals surface area contributed by atoms with Gasteiger partial charge in [0.1, 0.15) is 5.76 Å². The van der Waals surface area contributed by atoms with Gasteiger partial charge in [0, 0.05) is 19.5 Å². The molecule has 1 aliphatic rings. The Morgan fingerprint density at radius 1 is 1.41 bits per heavy atom. The van der Waals surface area contributed by atoms with Crippen LogP contribution in [0.3, 0.4) is 0 Å². The van der Waals surface area contributed by atoms with Crippen LogP contribution in [0.25, 0.3) is 0 Å². The zero-order chi connectivity index (χ0) is 15.6. The molecule has 0 atom stereocenters. The Hall–Kier alpha value is -1.80. The summed E-state index contributed by atoms with van der Waals surface area (Å²) >= 11 is 0. The first-order chi connectivity index (χ1) is 10.8. The molecule has 1 aromatic rings. The van der Waals surface area contributed by atoms with Gasteiger partial charge in [0.25, 0.3) is 0 Å². The summed E-state index contributed by atoms with van der Waals surface area (Å²) in [5.74, 6) is 1.49. The van der Waals surface area contributed by atoms with Crippen LogP contribution >= 0.6 is 0 Å². The first kappa shape index (κ1) is 16.6. The van der Waals surface area contributed by atoms with Crippen molar-refractivity contribution < 1.29 is 9.21 Å². The lowest BCUT2D eigenvalue weighted by Gasteiger charge is -2.23. The molecule has 120 valence electrons. The highest BCUT2D eigenvalue weighted by atomic mass is 16.3. The minimum Gasteiger partial charge on any atom is -0.468 e. The molecule has 0 unspecified atom stereocenters. The first-order valence-electron chi connectivity index (χ1n) is 8.16. The molecule has 1 heterocycles. The van der Waals surface area contributed by atoms with E-state index in [4.69, 9.17) is 9.68 Å². The summed E-state index contributed by atoms with van der Waals surface area (Å²) in [4.78, 5) is 14.1. The van der Waals surface area contributed by atoms with Crippen molar-refractivity contribution in [3.8, 4) is 6.07 Å². The number of furan rings is 1. The van der Waals surface area contributed by atoms with Crippen molar-refractivity contribution in [2.75, 3.05) is 19.6 Å². The van der Waals surface area contributed by atoms with Gasteiger partial charge >= 0.3 is 0 Å². The van der Waals surface area contributed by atoms with E-state index in [1.54, 1.807) is 6.26 Å². The molecule has 0 bridgehead atoms. The van der Waals surface area contributed by atoms with Crippen LogP contribution in [0.2, 0.25) is 0 Å². The molecular weight excluding hydrogens is 278 g/mol. The lowest BCUT2D eigenvalue weighted by molar-refractivity contribution is -0.122. The Labute approximate surface area is 132 Å². The van der Waals surface area contributed by atoms with Gasteiger partial charge in [-0.2, -0.15) is 5.26 Å². The third-order valence-corrected chi connectivity index (χ3v) is 4.18. The molecule has 0 saturated heterocycles. The smallest absolute Gasteiger partial charge is 0.234 e. The average Bonchev–Trinajstić information content (AvgIpc) is 3.04. The fraction of sp³-hybridized carbons (Fsp3) is 0.647. The van der Waals surface area contributed by atoms with E-state index in [-0.39, 0.29) is 5.91 Å². The number of carbonyl (C=O) groups excluding carboxylic acids is 1. The predicted molar refractivity (Wildman–Crippen MR) is 83.8 cm³/mol. The summed E-state index contributed by atoms with van der Waals surface area (Å²) in [6, 6.07) is 5.85. The van der Waals surface area contributed by atoms with E-state index in [1.807, 2.05) is 17.0 Å². The molecule has 0 aliphatic heterocycles. The summed E-state index contributed by atoms with van der Waals surface area (Å²) < 4.78 is 5.32. The van der Waals surface area contributed by atoms with Crippen LogP contribution in [0.4, 0.5) is 0 Å². The summed E-state index contributed by atoms with van der Waals surface area (Å²) in [5, 5.41) is 11.8. The quantitative estimate of drug-likeness (QED) is 0.801. The van der Waals surface area contributed by atoms with E-state index in [2.05, 4.69) is 11.4 Å². The monoisotopic (exact) mass is 303 g/mol. The molecule has 5 heteroatoms. The van der Waals surface area contributed by atoms with Gasteiger partial charge < -0.3 is 9.73 Å². The molecule has 1 aliphatic carbocycles. The molecule has 1 fully saturated rings. The number of nitriles is 1. The van der Waals surface area contributed by atoms with Crippen molar-refractivity contribution in [3.63, 3.8) is 0 Å². The third kappa shape index (κ3) is 5.90. The summed E-state index contributed by atoms with van der Waals surface area (Å²) in [6.45, 7) is 2.24. The maximum atomic E-state index is 12.1. The normalized spacial score (nSPS) is 15.6. The Morgan fingerprint density at radius 3 is 2.91 bits per heavy atom. The predicted octanol–water partition coefficient (Wildman–Crippen LogP) is 2.69. The number of hydrogen-bond acceptors (Lipinski definition) is 4. The molecule has 0 aromatic carbocycles. The van der Waals surface area contributed by atoms with Crippen LogP contribution in [0, 0.1) is 17.2 Å². The molecule has 5 nitrogen and oxygen atoms in total. The second kappa shape index (κ2) is 9.26. The molecule has 2 rings (SSSR count). The van der Waals surface area contributed by atoms with Crippen molar-refractivity contribution in [3.05, 3.63) is 24.2 Å². The van der Waals surface area contributed by atoms with E-state index in [0.29, 0.717) is 32.0 Å². The second-order valence-corrected chi connectivity index (χ2v) is 6.01. The zero-order valence-electron chi connectivity index (χ0n) is 13.1. The van der Waals surface area contributed by atoms with Crippen LogP contribution in [0.1, 0.15) is 44.3 Å². The van der Waals surface area contributed by atoms with Crippen LogP contribution < -0.4 is 5.32 Å². The molecule has 0 spiro atoms. The van der Waals surface area contributed by atoms with Crippen molar-refractivity contribution in [2.45, 2.75) is 45.1 Å². The third-order valence-electron chi connectivity index (χ3n) is 4.18. The van der Waals surface area contributed by atoms with Gasteiger partial charge in [0.15, 0.2) is 0 Å².